The first kappa shape index (κ1) is 14.1. The van der Waals surface area contributed by atoms with Crippen molar-refractivity contribution in [3.63, 3.8) is 0 Å². The van der Waals surface area contributed by atoms with E-state index in [1.165, 1.54) is 10.8 Å². The number of hydrogen-bond donors (Lipinski definition) is 1. The average Bonchev–Trinajstić information content (AvgIpc) is 3.18. The molecule has 114 valence electrons. The highest BCUT2D eigenvalue weighted by Crippen LogP contribution is 2.09. The van der Waals surface area contributed by atoms with Gasteiger partial charge in [-0.25, -0.2) is 0 Å². The van der Waals surface area contributed by atoms with Gasteiger partial charge < -0.3 is 14.3 Å². The summed E-state index contributed by atoms with van der Waals surface area (Å²) in [6.07, 6.45) is 4.94. The van der Waals surface area contributed by atoms with Crippen LogP contribution in [0.15, 0.2) is 46.1 Å². The van der Waals surface area contributed by atoms with Crippen LogP contribution >= 0.6 is 0 Å². The summed E-state index contributed by atoms with van der Waals surface area (Å²) >= 11 is 0. The van der Waals surface area contributed by atoms with Gasteiger partial charge in [0.25, 0.3) is 11.5 Å². The van der Waals surface area contributed by atoms with Crippen molar-refractivity contribution in [2.45, 2.75) is 20.0 Å². The van der Waals surface area contributed by atoms with Crippen molar-refractivity contribution in [3.8, 4) is 0 Å². The van der Waals surface area contributed by atoms with E-state index in [4.69, 9.17) is 4.42 Å². The van der Waals surface area contributed by atoms with Crippen LogP contribution < -0.4 is 10.9 Å². The van der Waals surface area contributed by atoms with Crippen LogP contribution in [-0.4, -0.2) is 26.8 Å². The van der Waals surface area contributed by atoms with Crippen molar-refractivity contribution in [2.75, 3.05) is 6.54 Å². The molecule has 7 nitrogen and oxygen atoms in total. The molecule has 0 saturated carbocycles. The summed E-state index contributed by atoms with van der Waals surface area (Å²) in [6, 6.07) is 5.22. The molecule has 0 spiro atoms. The van der Waals surface area contributed by atoms with E-state index in [9.17, 15) is 9.59 Å². The van der Waals surface area contributed by atoms with E-state index in [1.807, 2.05) is 13.0 Å². The van der Waals surface area contributed by atoms with E-state index >= 15 is 0 Å². The predicted octanol–water partition coefficient (Wildman–Crippen LogP) is 1.24. The van der Waals surface area contributed by atoms with E-state index in [0.717, 1.165) is 5.39 Å². The van der Waals surface area contributed by atoms with Crippen molar-refractivity contribution in [1.82, 2.24) is 19.7 Å². The number of pyridine rings is 1. The number of carbonyl (C=O) groups is 1. The lowest BCUT2D eigenvalue weighted by Crippen LogP contribution is -2.30. The second kappa shape index (κ2) is 5.88. The van der Waals surface area contributed by atoms with Gasteiger partial charge >= 0.3 is 0 Å². The lowest BCUT2D eigenvalue weighted by atomic mass is 10.3. The summed E-state index contributed by atoms with van der Waals surface area (Å²) in [6.45, 7) is 3.37. The van der Waals surface area contributed by atoms with Crippen LogP contribution in [0.4, 0.5) is 0 Å². The lowest BCUT2D eigenvalue weighted by molar-refractivity contribution is 0.0946. The van der Waals surface area contributed by atoms with Crippen LogP contribution in [0.5, 0.6) is 0 Å². The third-order valence-electron chi connectivity index (χ3n) is 3.42. The van der Waals surface area contributed by atoms with E-state index in [-0.39, 0.29) is 11.5 Å². The Bertz CT molecular complexity index is 859. The summed E-state index contributed by atoms with van der Waals surface area (Å²) in [5.74, 6) is -0.251. The van der Waals surface area contributed by atoms with Gasteiger partial charge in [0.15, 0.2) is 5.58 Å². The number of aryl methyl sites for hydroxylation is 1. The summed E-state index contributed by atoms with van der Waals surface area (Å²) < 4.78 is 8.36. The molecule has 3 rings (SSSR count). The topological polar surface area (TPSA) is 82.1 Å². The van der Waals surface area contributed by atoms with Crippen LogP contribution in [0.2, 0.25) is 0 Å². The second-order valence-electron chi connectivity index (χ2n) is 4.83. The fourth-order valence-corrected chi connectivity index (χ4v) is 2.21. The first-order valence-electron chi connectivity index (χ1n) is 7.07. The summed E-state index contributed by atoms with van der Waals surface area (Å²) in [5.41, 5.74) is 0.498. The number of nitrogens with zero attached hydrogens (tertiary/aromatic N) is 3. The lowest BCUT2D eigenvalue weighted by Gasteiger charge is -2.06. The van der Waals surface area contributed by atoms with E-state index in [1.54, 1.807) is 29.2 Å². The zero-order chi connectivity index (χ0) is 15.5. The van der Waals surface area contributed by atoms with Gasteiger partial charge in [0.2, 0.25) is 0 Å². The Hall–Kier alpha value is -2.83. The van der Waals surface area contributed by atoms with E-state index in [2.05, 4.69) is 10.4 Å². The molecule has 3 aromatic rings. The maximum atomic E-state index is 12.1. The van der Waals surface area contributed by atoms with Gasteiger partial charge in [-0.3, -0.25) is 14.3 Å². The Balaban J connectivity index is 1.63. The van der Waals surface area contributed by atoms with Crippen molar-refractivity contribution < 1.29 is 9.21 Å². The molecule has 0 fully saturated rings. The zero-order valence-electron chi connectivity index (χ0n) is 12.2. The van der Waals surface area contributed by atoms with Crippen LogP contribution in [0.25, 0.3) is 11.0 Å². The number of amides is 1. The average molecular weight is 300 g/mol. The Kier molecular flexibility index (Phi) is 3.78. The van der Waals surface area contributed by atoms with Crippen LogP contribution in [0.1, 0.15) is 17.4 Å². The van der Waals surface area contributed by atoms with Gasteiger partial charge in [-0.15, -0.1) is 0 Å². The molecule has 1 amide bonds. The van der Waals surface area contributed by atoms with E-state index < -0.39 is 0 Å². The summed E-state index contributed by atoms with van der Waals surface area (Å²) in [7, 11) is 0. The number of carbonyl (C=O) groups excluding carboxylic acids is 1. The normalized spacial score (nSPS) is 11.0. The molecule has 22 heavy (non-hydrogen) atoms. The third-order valence-corrected chi connectivity index (χ3v) is 3.42. The van der Waals surface area contributed by atoms with Gasteiger partial charge in [-0.2, -0.15) is 5.10 Å². The fourth-order valence-electron chi connectivity index (χ4n) is 2.21. The van der Waals surface area contributed by atoms with Gasteiger partial charge in [-0.1, -0.05) is 0 Å². The highest BCUT2D eigenvalue weighted by molar-refractivity contribution is 5.92. The molecule has 0 aliphatic heterocycles. The first-order chi connectivity index (χ1) is 10.7. The molecule has 0 unspecified atom stereocenters. The Morgan fingerprint density at radius 3 is 2.95 bits per heavy atom. The predicted molar refractivity (Wildman–Crippen MR) is 80.7 cm³/mol. The SMILES string of the molecule is CCn1ccc(C(=O)NCCn2ccc3ccoc3c2=O)n1. The van der Waals surface area contributed by atoms with Crippen molar-refractivity contribution >= 4 is 16.9 Å². The van der Waals surface area contributed by atoms with Gasteiger partial charge in [0.05, 0.1) is 6.26 Å². The summed E-state index contributed by atoms with van der Waals surface area (Å²) in [5, 5.41) is 7.65. The molecule has 0 aliphatic rings. The molecule has 0 aromatic carbocycles. The molecule has 1 N–H and O–H groups in total. The van der Waals surface area contributed by atoms with Crippen molar-refractivity contribution in [2.24, 2.45) is 0 Å². The number of aromatic nitrogens is 3. The number of furan rings is 1. The Morgan fingerprint density at radius 2 is 2.18 bits per heavy atom. The minimum Gasteiger partial charge on any atom is -0.459 e. The minimum atomic E-state index is -0.251. The Labute approximate surface area is 126 Å². The van der Waals surface area contributed by atoms with Crippen molar-refractivity contribution in [3.05, 3.63) is 52.9 Å². The molecular formula is C15H16N4O3. The minimum absolute atomic E-state index is 0.202. The van der Waals surface area contributed by atoms with Crippen LogP contribution in [0.3, 0.4) is 0 Å². The van der Waals surface area contributed by atoms with Crippen molar-refractivity contribution in [1.29, 1.82) is 0 Å². The largest absolute Gasteiger partial charge is 0.459 e. The molecule has 7 heteroatoms. The molecule has 0 bridgehead atoms. The summed E-state index contributed by atoms with van der Waals surface area (Å²) in [4.78, 5) is 24.0. The second-order valence-corrected chi connectivity index (χ2v) is 4.83. The van der Waals surface area contributed by atoms with Crippen LogP contribution in [0, 0.1) is 0 Å². The zero-order valence-corrected chi connectivity index (χ0v) is 12.2. The monoisotopic (exact) mass is 300 g/mol. The number of nitrogens with one attached hydrogen (secondary N) is 1. The maximum Gasteiger partial charge on any atom is 0.294 e. The highest BCUT2D eigenvalue weighted by Gasteiger charge is 2.09. The molecule has 0 radical (unpaired) electrons. The fraction of sp³-hybridized carbons (Fsp3) is 0.267. The van der Waals surface area contributed by atoms with E-state index in [0.29, 0.717) is 30.9 Å². The van der Waals surface area contributed by atoms with Crippen LogP contribution in [-0.2, 0) is 13.1 Å². The van der Waals surface area contributed by atoms with Gasteiger partial charge in [0, 0.05) is 37.4 Å². The maximum absolute atomic E-state index is 12.1. The number of hydrogen-bond acceptors (Lipinski definition) is 4. The molecule has 3 aromatic heterocycles. The van der Waals surface area contributed by atoms with Gasteiger partial charge in [-0.05, 0) is 25.1 Å². The molecule has 3 heterocycles. The molecule has 0 aliphatic carbocycles. The van der Waals surface area contributed by atoms with Gasteiger partial charge in [0.1, 0.15) is 5.69 Å². The third kappa shape index (κ3) is 2.65. The Morgan fingerprint density at radius 1 is 1.32 bits per heavy atom. The highest BCUT2D eigenvalue weighted by atomic mass is 16.3. The molecule has 0 saturated heterocycles. The quantitative estimate of drug-likeness (QED) is 0.768. The smallest absolute Gasteiger partial charge is 0.294 e. The molecular weight excluding hydrogens is 284 g/mol. The molecule has 0 atom stereocenters. The first-order valence-corrected chi connectivity index (χ1v) is 7.07. The standard InChI is InChI=1S/C15H16N4O3/c1-2-19-8-4-12(17-19)14(20)16-6-9-18-7-3-11-5-10-22-13(11)15(18)21/h3-5,7-8,10H,2,6,9H2,1H3,(H,16,20). The number of rotatable bonds is 5. The number of fused-ring (bicyclic) bond motifs is 1.